The van der Waals surface area contributed by atoms with E-state index in [0.717, 1.165) is 77.0 Å². The number of ether oxygens (including phenoxy) is 1. The normalized spacial score (nSPS) is 14.9. The van der Waals surface area contributed by atoms with Crippen LogP contribution in [0.4, 0.5) is 11.4 Å². The number of benzene rings is 3. The molecule has 0 unspecified atom stereocenters. The van der Waals surface area contributed by atoms with Gasteiger partial charge >= 0.3 is 0 Å². The lowest BCUT2D eigenvalue weighted by Crippen LogP contribution is -2.46. The molecule has 1 fully saturated rings. The second-order valence-corrected chi connectivity index (χ2v) is 9.18. The Labute approximate surface area is 208 Å². The number of nitrogens with one attached hydrogen (secondary N) is 1. The molecule has 2 heterocycles. The fraction of sp³-hybridized carbons (Fsp3) is 0.259. The minimum Gasteiger partial charge on any atom is -0.508 e. The Balaban J connectivity index is 1.48. The van der Waals surface area contributed by atoms with Crippen LogP contribution in [-0.2, 0) is 11.3 Å². The summed E-state index contributed by atoms with van der Waals surface area (Å²) in [6.07, 6.45) is 0.951. The zero-order valence-corrected chi connectivity index (χ0v) is 20.3. The number of phenols is 1. The topological polar surface area (TPSA) is 77.9 Å². The molecule has 4 aromatic rings. The second-order valence-electron chi connectivity index (χ2n) is 8.74. The van der Waals surface area contributed by atoms with E-state index in [2.05, 4.69) is 15.1 Å². The molecule has 1 aliphatic rings. The second kappa shape index (κ2) is 10.1. The summed E-state index contributed by atoms with van der Waals surface area (Å²) < 4.78 is 5.46. The average Bonchev–Trinajstić information content (AvgIpc) is 2.86. The van der Waals surface area contributed by atoms with Gasteiger partial charge in [0.1, 0.15) is 17.8 Å². The maximum absolute atomic E-state index is 10.8. The van der Waals surface area contributed by atoms with Gasteiger partial charge in [-0.25, -0.2) is 4.98 Å². The fourth-order valence-corrected chi connectivity index (χ4v) is 4.73. The van der Waals surface area contributed by atoms with Gasteiger partial charge in [-0.3, -0.25) is 9.80 Å². The van der Waals surface area contributed by atoms with Crippen LogP contribution in [0.5, 0.6) is 11.5 Å². The molecule has 0 amide bonds. The number of methoxy groups -OCH3 is 1. The number of hydrogen-bond donors (Lipinski definition) is 2. The molecule has 1 aliphatic heterocycles. The van der Waals surface area contributed by atoms with Gasteiger partial charge < -0.3 is 20.0 Å². The highest BCUT2D eigenvalue weighted by molar-refractivity contribution is 6.31. The molecule has 1 saturated heterocycles. The Morgan fingerprint density at radius 2 is 1.80 bits per heavy atom. The summed E-state index contributed by atoms with van der Waals surface area (Å²) in [5, 5.41) is 16.6. The monoisotopic (exact) mass is 490 g/mol. The van der Waals surface area contributed by atoms with Crippen LogP contribution < -0.4 is 10.1 Å². The zero-order chi connectivity index (χ0) is 24.4. The number of rotatable bonds is 7. The molecule has 1 aromatic heterocycles. The van der Waals surface area contributed by atoms with Gasteiger partial charge in [-0.05, 0) is 54.6 Å². The average molecular weight is 491 g/mol. The molecular weight excluding hydrogens is 464 g/mol. The highest BCUT2D eigenvalue weighted by Gasteiger charge is 2.18. The molecule has 8 heteroatoms. The molecule has 3 aromatic carbocycles. The predicted molar refractivity (Wildman–Crippen MR) is 140 cm³/mol. The quantitative estimate of drug-likeness (QED) is 0.218. The number of hydrogen-bond acceptors (Lipinski definition) is 7. The van der Waals surface area contributed by atoms with E-state index in [0.29, 0.717) is 18.1 Å². The number of nitrogens with zero attached hydrogens (tertiary/aromatic N) is 3. The smallest absolute Gasteiger partial charge is 0.133 e. The summed E-state index contributed by atoms with van der Waals surface area (Å²) in [5.74, 6) is 1.01. The first kappa shape index (κ1) is 23.4. The predicted octanol–water partition coefficient (Wildman–Crippen LogP) is 4.82. The molecular formula is C27H27ClN4O3. The van der Waals surface area contributed by atoms with Crippen LogP contribution in [0.1, 0.15) is 5.56 Å². The van der Waals surface area contributed by atoms with Crippen molar-refractivity contribution in [2.24, 2.45) is 0 Å². The summed E-state index contributed by atoms with van der Waals surface area (Å²) in [6, 6.07) is 17.1. The van der Waals surface area contributed by atoms with Gasteiger partial charge in [0.05, 0.1) is 30.4 Å². The molecule has 0 bridgehead atoms. The number of halogens is 1. The van der Waals surface area contributed by atoms with Gasteiger partial charge in [0.25, 0.3) is 0 Å². The summed E-state index contributed by atoms with van der Waals surface area (Å²) in [4.78, 5) is 20.0. The standard InChI is InChI=1S/C27H27ClN4O3/c1-35-21-4-6-24-23(16-21)27(22-5-2-19(28)15-25(22)30-24)29-20-3-7-26(34)18(14-20)17-32-10-8-31(9-11-32)12-13-33/h2-7,13-16,34H,8-12,17H2,1H3,(H,29,30). The molecule has 35 heavy (non-hydrogen) atoms. The fourth-order valence-electron chi connectivity index (χ4n) is 4.57. The number of carbonyl (C=O) groups excluding carboxylic acids is 1. The van der Waals surface area contributed by atoms with Crippen molar-refractivity contribution in [3.8, 4) is 11.5 Å². The van der Waals surface area contributed by atoms with E-state index in [1.807, 2.05) is 48.5 Å². The van der Waals surface area contributed by atoms with Crippen LogP contribution in [0, 0.1) is 0 Å². The number of aromatic nitrogens is 1. The van der Waals surface area contributed by atoms with Crippen molar-refractivity contribution in [1.29, 1.82) is 0 Å². The molecule has 180 valence electrons. The number of carbonyl (C=O) groups is 1. The number of piperazine rings is 1. The van der Waals surface area contributed by atoms with Gasteiger partial charge in [-0.15, -0.1) is 0 Å². The Kier molecular flexibility index (Phi) is 6.72. The van der Waals surface area contributed by atoms with Crippen LogP contribution in [0.15, 0.2) is 54.6 Å². The van der Waals surface area contributed by atoms with Gasteiger partial charge in [0.2, 0.25) is 0 Å². The third kappa shape index (κ3) is 5.03. The molecule has 0 aliphatic carbocycles. The summed E-state index contributed by atoms with van der Waals surface area (Å²) in [6.45, 7) is 4.50. The van der Waals surface area contributed by atoms with Crippen molar-refractivity contribution in [1.82, 2.24) is 14.8 Å². The van der Waals surface area contributed by atoms with E-state index < -0.39 is 0 Å². The van der Waals surface area contributed by atoms with Crippen LogP contribution in [0.25, 0.3) is 21.8 Å². The minimum absolute atomic E-state index is 0.267. The molecule has 0 atom stereocenters. The van der Waals surface area contributed by atoms with Crippen molar-refractivity contribution in [2.75, 3.05) is 45.2 Å². The minimum atomic E-state index is 0.267. The maximum atomic E-state index is 10.8. The van der Waals surface area contributed by atoms with Crippen molar-refractivity contribution in [3.05, 3.63) is 65.2 Å². The van der Waals surface area contributed by atoms with E-state index in [-0.39, 0.29) is 5.75 Å². The molecule has 0 saturated carbocycles. The van der Waals surface area contributed by atoms with E-state index >= 15 is 0 Å². The lowest BCUT2D eigenvalue weighted by atomic mass is 10.1. The first-order chi connectivity index (χ1) is 17.0. The van der Waals surface area contributed by atoms with Crippen molar-refractivity contribution in [3.63, 3.8) is 0 Å². The number of aromatic hydroxyl groups is 1. The summed E-state index contributed by atoms with van der Waals surface area (Å²) in [5.41, 5.74) is 4.24. The van der Waals surface area contributed by atoms with Crippen LogP contribution in [0.2, 0.25) is 5.02 Å². The zero-order valence-electron chi connectivity index (χ0n) is 19.5. The summed E-state index contributed by atoms with van der Waals surface area (Å²) >= 11 is 6.25. The first-order valence-electron chi connectivity index (χ1n) is 11.6. The lowest BCUT2D eigenvalue weighted by Gasteiger charge is -2.33. The van der Waals surface area contributed by atoms with Crippen LogP contribution in [0.3, 0.4) is 0 Å². The Bertz CT molecular complexity index is 1390. The van der Waals surface area contributed by atoms with Gasteiger partial charge in [0.15, 0.2) is 0 Å². The van der Waals surface area contributed by atoms with Gasteiger partial charge in [-0.1, -0.05) is 11.6 Å². The Morgan fingerprint density at radius 1 is 1.00 bits per heavy atom. The highest BCUT2D eigenvalue weighted by atomic mass is 35.5. The van der Waals surface area contributed by atoms with Crippen molar-refractivity contribution >= 4 is 51.1 Å². The number of fused-ring (bicyclic) bond motifs is 2. The van der Waals surface area contributed by atoms with Gasteiger partial charge in [-0.2, -0.15) is 0 Å². The molecule has 5 rings (SSSR count). The largest absolute Gasteiger partial charge is 0.508 e. The molecule has 7 nitrogen and oxygen atoms in total. The third-order valence-corrected chi connectivity index (χ3v) is 6.72. The number of pyridine rings is 1. The number of aldehydes is 1. The van der Waals surface area contributed by atoms with E-state index in [1.165, 1.54) is 0 Å². The van der Waals surface area contributed by atoms with E-state index in [9.17, 15) is 9.90 Å². The SMILES string of the molecule is COc1ccc2nc3cc(Cl)ccc3c(Nc3ccc(O)c(CN4CCN(CC=O)CC4)c3)c2c1. The number of anilines is 2. The van der Waals surface area contributed by atoms with Crippen LogP contribution in [-0.4, -0.2) is 66.0 Å². The maximum Gasteiger partial charge on any atom is 0.133 e. The molecule has 2 N–H and O–H groups in total. The van der Waals surface area contributed by atoms with Crippen molar-refractivity contribution in [2.45, 2.75) is 6.54 Å². The van der Waals surface area contributed by atoms with Gasteiger partial charge in [0, 0.05) is 59.8 Å². The Morgan fingerprint density at radius 3 is 2.57 bits per heavy atom. The lowest BCUT2D eigenvalue weighted by molar-refractivity contribution is -0.109. The third-order valence-electron chi connectivity index (χ3n) is 6.48. The first-order valence-corrected chi connectivity index (χ1v) is 12.0. The van der Waals surface area contributed by atoms with E-state index in [4.69, 9.17) is 21.3 Å². The van der Waals surface area contributed by atoms with E-state index in [1.54, 1.807) is 13.2 Å². The van der Waals surface area contributed by atoms with Crippen molar-refractivity contribution < 1.29 is 14.6 Å². The van der Waals surface area contributed by atoms with Crippen LogP contribution >= 0.6 is 11.6 Å². The molecule has 0 radical (unpaired) electrons. The number of phenolic OH excluding ortho intramolecular Hbond substituents is 1. The Hall–Kier alpha value is -3.39. The summed E-state index contributed by atoms with van der Waals surface area (Å²) in [7, 11) is 1.65. The highest BCUT2D eigenvalue weighted by Crippen LogP contribution is 2.36. The molecule has 0 spiro atoms.